The zero-order valence-corrected chi connectivity index (χ0v) is 16.7. The summed E-state index contributed by atoms with van der Waals surface area (Å²) in [6.07, 6.45) is 0.590. The third kappa shape index (κ3) is 4.28. The second kappa shape index (κ2) is 8.16. The number of hydrogen-bond acceptors (Lipinski definition) is 4. The molecule has 0 bridgehead atoms. The van der Waals surface area contributed by atoms with Crippen molar-refractivity contribution in [3.8, 4) is 11.5 Å². The molecule has 30 heavy (non-hydrogen) atoms. The fourth-order valence-corrected chi connectivity index (χ4v) is 4.78. The van der Waals surface area contributed by atoms with Crippen LogP contribution >= 0.6 is 0 Å². The molecule has 154 valence electrons. The number of sulfonamides is 1. The number of ether oxygens (including phenoxy) is 1. The molecule has 1 amide bonds. The Hall–Kier alpha value is -3.39. The molecule has 0 radical (unpaired) electrons. The monoisotopic (exact) mass is 426 g/mol. The highest BCUT2D eigenvalue weighted by Gasteiger charge is 2.28. The first kappa shape index (κ1) is 19.9. The van der Waals surface area contributed by atoms with Gasteiger partial charge in [-0.15, -0.1) is 0 Å². The number of anilines is 2. The average molecular weight is 426 g/mol. The van der Waals surface area contributed by atoms with E-state index >= 15 is 0 Å². The van der Waals surface area contributed by atoms with Crippen LogP contribution in [0.4, 0.5) is 15.8 Å². The summed E-state index contributed by atoms with van der Waals surface area (Å²) in [5, 5.41) is 2.78. The SMILES string of the molecule is O=C(Nc1ccccc1Oc1cccc(F)c1)c1ccc(N2CCCS2(=O)=O)cc1. The average Bonchev–Trinajstić information content (AvgIpc) is 3.08. The fraction of sp³-hybridized carbons (Fsp3) is 0.136. The molecule has 1 heterocycles. The molecule has 1 N–H and O–H groups in total. The number of rotatable bonds is 5. The van der Waals surface area contributed by atoms with Crippen LogP contribution in [0.5, 0.6) is 11.5 Å². The Kier molecular flexibility index (Phi) is 5.41. The first-order chi connectivity index (χ1) is 14.4. The van der Waals surface area contributed by atoms with Crippen LogP contribution in [-0.2, 0) is 10.0 Å². The van der Waals surface area contributed by atoms with Gasteiger partial charge in [0.05, 0.1) is 17.1 Å². The van der Waals surface area contributed by atoms with Crippen LogP contribution in [0.3, 0.4) is 0 Å². The number of carbonyl (C=O) groups is 1. The van der Waals surface area contributed by atoms with Gasteiger partial charge in [-0.1, -0.05) is 18.2 Å². The van der Waals surface area contributed by atoms with Gasteiger partial charge < -0.3 is 10.1 Å². The van der Waals surface area contributed by atoms with Crippen molar-refractivity contribution in [1.82, 2.24) is 0 Å². The maximum Gasteiger partial charge on any atom is 0.255 e. The second-order valence-corrected chi connectivity index (χ2v) is 8.81. The van der Waals surface area contributed by atoms with Gasteiger partial charge in [0.2, 0.25) is 10.0 Å². The molecule has 0 atom stereocenters. The van der Waals surface area contributed by atoms with E-state index < -0.39 is 15.8 Å². The van der Waals surface area contributed by atoms with Crippen molar-refractivity contribution in [1.29, 1.82) is 0 Å². The molecule has 1 aliphatic rings. The van der Waals surface area contributed by atoms with Gasteiger partial charge in [-0.2, -0.15) is 0 Å². The molecule has 0 unspecified atom stereocenters. The zero-order valence-electron chi connectivity index (χ0n) is 15.9. The van der Waals surface area contributed by atoms with Crippen LogP contribution in [0.15, 0.2) is 72.8 Å². The minimum Gasteiger partial charge on any atom is -0.455 e. The lowest BCUT2D eigenvalue weighted by atomic mass is 10.2. The molecule has 1 fully saturated rings. The van der Waals surface area contributed by atoms with E-state index in [4.69, 9.17) is 4.74 Å². The van der Waals surface area contributed by atoms with Gasteiger partial charge in [0.1, 0.15) is 11.6 Å². The van der Waals surface area contributed by atoms with E-state index in [1.165, 1.54) is 22.5 Å². The molecular weight excluding hydrogens is 407 g/mol. The molecule has 3 aromatic carbocycles. The van der Waals surface area contributed by atoms with E-state index in [1.807, 2.05) is 0 Å². The number of hydrogen-bond donors (Lipinski definition) is 1. The molecule has 0 aliphatic carbocycles. The summed E-state index contributed by atoms with van der Waals surface area (Å²) in [5.41, 5.74) is 1.34. The van der Waals surface area contributed by atoms with E-state index in [-0.39, 0.29) is 11.7 Å². The highest BCUT2D eigenvalue weighted by molar-refractivity contribution is 7.93. The first-order valence-electron chi connectivity index (χ1n) is 9.37. The topological polar surface area (TPSA) is 75.7 Å². The Labute approximate surface area is 174 Å². The van der Waals surface area contributed by atoms with Crippen molar-refractivity contribution in [3.05, 3.63) is 84.2 Å². The number of nitrogens with one attached hydrogen (secondary N) is 1. The molecular formula is C22H19FN2O4S. The van der Waals surface area contributed by atoms with Crippen LogP contribution in [0, 0.1) is 5.82 Å². The summed E-state index contributed by atoms with van der Waals surface area (Å²) in [5.74, 6) is 0.0245. The quantitative estimate of drug-likeness (QED) is 0.656. The van der Waals surface area contributed by atoms with E-state index in [9.17, 15) is 17.6 Å². The summed E-state index contributed by atoms with van der Waals surface area (Å²) < 4.78 is 44.6. The number of halogens is 1. The zero-order chi connectivity index (χ0) is 21.1. The summed E-state index contributed by atoms with van der Waals surface area (Å²) in [7, 11) is -3.27. The van der Waals surface area contributed by atoms with Crippen molar-refractivity contribution in [2.24, 2.45) is 0 Å². The molecule has 1 saturated heterocycles. The van der Waals surface area contributed by atoms with Gasteiger partial charge in [-0.05, 0) is 55.0 Å². The van der Waals surface area contributed by atoms with Crippen LogP contribution in [-0.4, -0.2) is 26.6 Å². The van der Waals surface area contributed by atoms with Crippen LogP contribution in [0.25, 0.3) is 0 Å². The summed E-state index contributed by atoms with van der Waals surface area (Å²) in [6.45, 7) is 0.443. The van der Waals surface area contributed by atoms with E-state index in [0.29, 0.717) is 41.4 Å². The highest BCUT2D eigenvalue weighted by Crippen LogP contribution is 2.30. The lowest BCUT2D eigenvalue weighted by molar-refractivity contribution is 0.102. The summed E-state index contributed by atoms with van der Waals surface area (Å²) in [6, 6.07) is 19.0. The van der Waals surface area contributed by atoms with Crippen LogP contribution < -0.4 is 14.4 Å². The third-order valence-corrected chi connectivity index (χ3v) is 6.55. The number of nitrogens with zero attached hydrogens (tertiary/aromatic N) is 1. The maximum atomic E-state index is 13.4. The van der Waals surface area contributed by atoms with Crippen molar-refractivity contribution in [2.45, 2.75) is 6.42 Å². The van der Waals surface area contributed by atoms with Crippen LogP contribution in [0.1, 0.15) is 16.8 Å². The Balaban J connectivity index is 1.50. The first-order valence-corrected chi connectivity index (χ1v) is 11.0. The van der Waals surface area contributed by atoms with Gasteiger partial charge in [0.25, 0.3) is 5.91 Å². The summed E-state index contributed by atoms with van der Waals surface area (Å²) >= 11 is 0. The van der Waals surface area contributed by atoms with E-state index in [1.54, 1.807) is 54.6 Å². The molecule has 0 spiro atoms. The number of amides is 1. The molecule has 1 aliphatic heterocycles. The van der Waals surface area contributed by atoms with Gasteiger partial charge in [-0.25, -0.2) is 12.8 Å². The Morgan fingerprint density at radius 1 is 1.00 bits per heavy atom. The molecule has 0 saturated carbocycles. The molecule has 6 nitrogen and oxygen atoms in total. The van der Waals surface area contributed by atoms with E-state index in [2.05, 4.69) is 5.32 Å². The molecule has 3 aromatic rings. The van der Waals surface area contributed by atoms with Gasteiger partial charge >= 0.3 is 0 Å². The van der Waals surface area contributed by atoms with Crippen molar-refractivity contribution in [2.75, 3.05) is 21.9 Å². The van der Waals surface area contributed by atoms with Crippen molar-refractivity contribution < 1.29 is 22.3 Å². The molecule has 4 rings (SSSR count). The van der Waals surface area contributed by atoms with Gasteiger partial charge in [0, 0.05) is 18.2 Å². The smallest absolute Gasteiger partial charge is 0.255 e. The minimum absolute atomic E-state index is 0.136. The van der Waals surface area contributed by atoms with Crippen molar-refractivity contribution >= 4 is 27.3 Å². The number of benzene rings is 3. The fourth-order valence-electron chi connectivity index (χ4n) is 3.22. The van der Waals surface area contributed by atoms with Gasteiger partial charge in [0.15, 0.2) is 5.75 Å². The molecule has 8 heteroatoms. The van der Waals surface area contributed by atoms with E-state index in [0.717, 1.165) is 0 Å². The third-order valence-electron chi connectivity index (χ3n) is 4.68. The molecule has 0 aromatic heterocycles. The predicted molar refractivity (Wildman–Crippen MR) is 113 cm³/mol. The lowest BCUT2D eigenvalue weighted by Crippen LogP contribution is -2.25. The Bertz CT molecular complexity index is 1180. The van der Waals surface area contributed by atoms with Crippen molar-refractivity contribution in [3.63, 3.8) is 0 Å². The second-order valence-electron chi connectivity index (χ2n) is 6.80. The highest BCUT2D eigenvalue weighted by atomic mass is 32.2. The predicted octanol–water partition coefficient (Wildman–Crippen LogP) is 4.41. The largest absolute Gasteiger partial charge is 0.455 e. The Morgan fingerprint density at radius 3 is 2.47 bits per heavy atom. The van der Waals surface area contributed by atoms with Crippen LogP contribution in [0.2, 0.25) is 0 Å². The Morgan fingerprint density at radius 2 is 1.77 bits per heavy atom. The summed E-state index contributed by atoms with van der Waals surface area (Å²) in [4.78, 5) is 12.7. The lowest BCUT2D eigenvalue weighted by Gasteiger charge is -2.17. The maximum absolute atomic E-state index is 13.4. The standard InChI is InChI=1S/C22H19FN2O4S/c23-17-5-3-6-19(15-17)29-21-8-2-1-7-20(21)24-22(26)16-9-11-18(12-10-16)25-13-4-14-30(25,27)28/h1-3,5-12,15H,4,13-14H2,(H,24,26). The number of para-hydroxylation sites is 2. The minimum atomic E-state index is -3.27. The number of carbonyl (C=O) groups excluding carboxylic acids is 1. The normalized spacial score (nSPS) is 15.0. The van der Waals surface area contributed by atoms with Gasteiger partial charge in [-0.3, -0.25) is 9.10 Å².